The largest absolute Gasteiger partial charge is 0.453 e. The van der Waals surface area contributed by atoms with Gasteiger partial charge in [-0.25, -0.2) is 9.18 Å². The first-order chi connectivity index (χ1) is 8.40. The van der Waals surface area contributed by atoms with Gasteiger partial charge in [-0.1, -0.05) is 0 Å². The summed E-state index contributed by atoms with van der Waals surface area (Å²) in [6, 6.07) is 0. The standard InChI is InChI=1S/C10H11FO7/c1-3(12)15-7-5-6(17-9(7)11)8(10(14)18-5)16-4(2)13/h5-9H,1-2H3/t5-,6-,7+,8+,9+/m1/s1. The van der Waals surface area contributed by atoms with Crippen LogP contribution in [0.2, 0.25) is 0 Å². The molecule has 0 spiro atoms. The highest BCUT2D eigenvalue weighted by Crippen LogP contribution is 2.35. The molecule has 2 fully saturated rings. The van der Waals surface area contributed by atoms with Crippen molar-refractivity contribution in [1.82, 2.24) is 0 Å². The van der Waals surface area contributed by atoms with E-state index < -0.39 is 48.7 Å². The van der Waals surface area contributed by atoms with Crippen LogP contribution in [0.4, 0.5) is 4.39 Å². The Morgan fingerprint density at radius 1 is 1.17 bits per heavy atom. The molecule has 0 aromatic rings. The molecule has 8 heteroatoms. The summed E-state index contributed by atoms with van der Waals surface area (Å²) in [5.41, 5.74) is 0. The van der Waals surface area contributed by atoms with Crippen molar-refractivity contribution in [3.05, 3.63) is 0 Å². The van der Waals surface area contributed by atoms with Crippen LogP contribution in [-0.4, -0.2) is 48.7 Å². The molecule has 100 valence electrons. The second-order valence-electron chi connectivity index (χ2n) is 3.96. The fourth-order valence-electron chi connectivity index (χ4n) is 1.96. The Kier molecular flexibility index (Phi) is 3.20. The monoisotopic (exact) mass is 262 g/mol. The van der Waals surface area contributed by atoms with E-state index in [0.29, 0.717) is 0 Å². The molecule has 0 radical (unpaired) electrons. The zero-order valence-electron chi connectivity index (χ0n) is 9.62. The molecule has 2 aliphatic heterocycles. The molecule has 5 atom stereocenters. The van der Waals surface area contributed by atoms with Crippen LogP contribution in [0.1, 0.15) is 13.8 Å². The number of esters is 3. The summed E-state index contributed by atoms with van der Waals surface area (Å²) in [5.74, 6) is -2.28. The van der Waals surface area contributed by atoms with Gasteiger partial charge in [0.05, 0.1) is 0 Å². The van der Waals surface area contributed by atoms with Crippen molar-refractivity contribution in [3.63, 3.8) is 0 Å². The van der Waals surface area contributed by atoms with Crippen LogP contribution in [0.15, 0.2) is 0 Å². The van der Waals surface area contributed by atoms with Crippen molar-refractivity contribution in [2.45, 2.75) is 44.6 Å². The second-order valence-corrected chi connectivity index (χ2v) is 3.96. The Morgan fingerprint density at radius 3 is 2.33 bits per heavy atom. The Balaban J connectivity index is 2.13. The van der Waals surface area contributed by atoms with Crippen LogP contribution in [0, 0.1) is 0 Å². The van der Waals surface area contributed by atoms with Gasteiger partial charge >= 0.3 is 17.9 Å². The van der Waals surface area contributed by atoms with E-state index in [1.165, 1.54) is 0 Å². The van der Waals surface area contributed by atoms with Crippen molar-refractivity contribution < 1.29 is 37.7 Å². The summed E-state index contributed by atoms with van der Waals surface area (Å²) in [6.45, 7) is 2.20. The Bertz CT molecular complexity index is 396. The maximum Gasteiger partial charge on any atom is 0.350 e. The van der Waals surface area contributed by atoms with Crippen LogP contribution in [0.3, 0.4) is 0 Å². The Morgan fingerprint density at radius 2 is 1.78 bits per heavy atom. The molecular weight excluding hydrogens is 251 g/mol. The highest BCUT2D eigenvalue weighted by molar-refractivity contribution is 5.81. The lowest BCUT2D eigenvalue weighted by Crippen LogP contribution is -2.36. The van der Waals surface area contributed by atoms with E-state index in [9.17, 15) is 18.8 Å². The van der Waals surface area contributed by atoms with Crippen molar-refractivity contribution in [2.24, 2.45) is 0 Å². The summed E-state index contributed by atoms with van der Waals surface area (Å²) in [4.78, 5) is 33.0. The molecule has 7 nitrogen and oxygen atoms in total. The first-order valence-electron chi connectivity index (χ1n) is 5.24. The van der Waals surface area contributed by atoms with E-state index in [0.717, 1.165) is 13.8 Å². The van der Waals surface area contributed by atoms with Gasteiger partial charge in [0, 0.05) is 13.8 Å². The molecule has 0 unspecified atom stereocenters. The third-order valence-electron chi connectivity index (χ3n) is 2.57. The molecule has 2 heterocycles. The van der Waals surface area contributed by atoms with Gasteiger partial charge in [0.25, 0.3) is 0 Å². The summed E-state index contributed by atoms with van der Waals surface area (Å²) in [5, 5.41) is 0. The van der Waals surface area contributed by atoms with Crippen molar-refractivity contribution in [1.29, 1.82) is 0 Å². The van der Waals surface area contributed by atoms with Crippen LogP contribution in [-0.2, 0) is 33.3 Å². The van der Waals surface area contributed by atoms with E-state index in [4.69, 9.17) is 14.2 Å². The molecule has 0 amide bonds. The predicted octanol–water partition coefficient (Wildman–Crippen LogP) is -0.530. The zero-order chi connectivity index (χ0) is 13.4. The quantitative estimate of drug-likeness (QED) is 0.488. The number of alkyl halides is 1. The van der Waals surface area contributed by atoms with Gasteiger partial charge in [-0.3, -0.25) is 9.59 Å². The first-order valence-corrected chi connectivity index (χ1v) is 5.24. The number of carbonyl (C=O) groups excluding carboxylic acids is 3. The van der Waals surface area contributed by atoms with Crippen molar-refractivity contribution in [3.8, 4) is 0 Å². The molecule has 18 heavy (non-hydrogen) atoms. The van der Waals surface area contributed by atoms with Crippen LogP contribution < -0.4 is 0 Å². The maximum absolute atomic E-state index is 13.5. The van der Waals surface area contributed by atoms with E-state index >= 15 is 0 Å². The third kappa shape index (κ3) is 2.15. The minimum absolute atomic E-state index is 0.715. The van der Waals surface area contributed by atoms with Gasteiger partial charge in [-0.15, -0.1) is 0 Å². The van der Waals surface area contributed by atoms with Crippen LogP contribution in [0.5, 0.6) is 0 Å². The van der Waals surface area contributed by atoms with Gasteiger partial charge < -0.3 is 18.9 Å². The number of fused-ring (bicyclic) bond motifs is 1. The Hall–Kier alpha value is -1.70. The maximum atomic E-state index is 13.5. The number of ether oxygens (including phenoxy) is 4. The topological polar surface area (TPSA) is 88.1 Å². The summed E-state index contributed by atoms with van der Waals surface area (Å²) >= 11 is 0. The smallest absolute Gasteiger partial charge is 0.350 e. The molecule has 0 aromatic heterocycles. The minimum atomic E-state index is -1.92. The lowest BCUT2D eigenvalue weighted by atomic mass is 10.1. The fraction of sp³-hybridized carbons (Fsp3) is 0.700. The SMILES string of the molecule is CC(=O)O[C@H]1[C@@H]2OC(=O)[C@@H](OC(C)=O)[C@@H]2O[C@@H]1F. The molecule has 0 aliphatic carbocycles. The van der Waals surface area contributed by atoms with Crippen molar-refractivity contribution in [2.75, 3.05) is 0 Å². The lowest BCUT2D eigenvalue weighted by molar-refractivity contribution is -0.177. The summed E-state index contributed by atoms with van der Waals surface area (Å²) in [6.07, 6.45) is -6.78. The summed E-state index contributed by atoms with van der Waals surface area (Å²) < 4.78 is 32.5. The average molecular weight is 262 g/mol. The second kappa shape index (κ2) is 4.52. The highest BCUT2D eigenvalue weighted by atomic mass is 19.1. The number of halogens is 1. The lowest BCUT2D eigenvalue weighted by Gasteiger charge is -2.16. The minimum Gasteiger partial charge on any atom is -0.453 e. The van der Waals surface area contributed by atoms with Gasteiger partial charge in [0.1, 0.15) is 6.10 Å². The summed E-state index contributed by atoms with van der Waals surface area (Å²) in [7, 11) is 0. The predicted molar refractivity (Wildman–Crippen MR) is 50.8 cm³/mol. The molecule has 0 N–H and O–H groups in total. The Labute approximate surface area is 101 Å². The van der Waals surface area contributed by atoms with E-state index in [1.807, 2.05) is 0 Å². The molecule has 2 saturated heterocycles. The number of hydrogen-bond acceptors (Lipinski definition) is 7. The number of hydrogen-bond donors (Lipinski definition) is 0. The van der Waals surface area contributed by atoms with Gasteiger partial charge in [0.2, 0.25) is 12.5 Å². The molecule has 2 aliphatic rings. The average Bonchev–Trinajstić information content (AvgIpc) is 2.67. The van der Waals surface area contributed by atoms with E-state index in [-0.39, 0.29) is 0 Å². The molecule has 2 rings (SSSR count). The van der Waals surface area contributed by atoms with E-state index in [1.54, 1.807) is 0 Å². The highest BCUT2D eigenvalue weighted by Gasteiger charge is 2.60. The molecular formula is C10H11FO7. The van der Waals surface area contributed by atoms with Crippen LogP contribution in [0.25, 0.3) is 0 Å². The number of rotatable bonds is 2. The van der Waals surface area contributed by atoms with Gasteiger partial charge in [0.15, 0.2) is 12.2 Å². The number of carbonyl (C=O) groups is 3. The fourth-order valence-corrected chi connectivity index (χ4v) is 1.96. The normalized spacial score (nSPS) is 37.9. The zero-order valence-corrected chi connectivity index (χ0v) is 9.62. The molecule has 0 bridgehead atoms. The first kappa shape index (κ1) is 12.7. The van der Waals surface area contributed by atoms with Gasteiger partial charge in [-0.2, -0.15) is 0 Å². The van der Waals surface area contributed by atoms with E-state index in [2.05, 4.69) is 4.74 Å². The molecule has 0 saturated carbocycles. The molecule has 0 aromatic carbocycles. The van der Waals surface area contributed by atoms with Crippen molar-refractivity contribution >= 4 is 17.9 Å². The van der Waals surface area contributed by atoms with Crippen LogP contribution >= 0.6 is 0 Å². The van der Waals surface area contributed by atoms with Gasteiger partial charge in [-0.05, 0) is 0 Å². The third-order valence-corrected chi connectivity index (χ3v) is 2.57.